The predicted molar refractivity (Wildman–Crippen MR) is 176 cm³/mol. The van der Waals surface area contributed by atoms with Crippen LogP contribution in [0.15, 0.2) is 102 Å². The van der Waals surface area contributed by atoms with Crippen molar-refractivity contribution in [3.63, 3.8) is 0 Å². The first-order chi connectivity index (χ1) is 22.1. The molecule has 46 heavy (non-hydrogen) atoms. The summed E-state index contributed by atoms with van der Waals surface area (Å²) < 4.78 is 33.8. The molecule has 0 aliphatic heterocycles. The molecule has 0 heterocycles. The predicted octanol–water partition coefficient (Wildman–Crippen LogP) is 6.61. The van der Waals surface area contributed by atoms with Crippen molar-refractivity contribution in [1.82, 2.24) is 10.0 Å². The van der Waals surface area contributed by atoms with Gasteiger partial charge in [-0.15, -0.1) is 0 Å². The first-order valence-corrected chi connectivity index (χ1v) is 16.6. The molecular weight excluding hydrogens is 630 g/mol. The topological polar surface area (TPSA) is 145 Å². The average molecular weight is 664 g/mol. The summed E-state index contributed by atoms with van der Waals surface area (Å²) >= 11 is 5.81. The number of nitrogens with zero attached hydrogens (tertiary/aromatic N) is 1. The number of nitrogens with one attached hydrogen (secondary N) is 2. The number of hydrogen-bond donors (Lipinski definition) is 2. The first-order valence-electron chi connectivity index (χ1n) is 14.7. The summed E-state index contributed by atoms with van der Waals surface area (Å²) in [5.74, 6) is -0.792. The summed E-state index contributed by atoms with van der Waals surface area (Å²) in [6.07, 6.45) is 2.50. The summed E-state index contributed by atoms with van der Waals surface area (Å²) in [5, 5.41) is 13.6. The molecule has 0 saturated heterocycles. The Hall–Kier alpha value is -4.74. The number of benzene rings is 4. The van der Waals surface area contributed by atoms with Crippen molar-refractivity contribution in [2.45, 2.75) is 56.6 Å². The molecule has 12 heteroatoms. The number of nitro benzene ring substituents is 1. The number of amides is 2. The van der Waals surface area contributed by atoms with Crippen LogP contribution in [-0.4, -0.2) is 31.2 Å². The van der Waals surface area contributed by atoms with Crippen molar-refractivity contribution in [3.05, 3.63) is 123 Å². The van der Waals surface area contributed by atoms with Crippen LogP contribution >= 0.6 is 11.6 Å². The highest BCUT2D eigenvalue weighted by Crippen LogP contribution is 2.27. The second kappa shape index (κ2) is 16.0. The lowest BCUT2D eigenvalue weighted by atomic mass is 10.0. The molecular formula is C34H34ClN3O7S. The maximum atomic E-state index is 13.2. The van der Waals surface area contributed by atoms with Gasteiger partial charge in [-0.2, -0.15) is 0 Å². The lowest BCUT2D eigenvalue weighted by Crippen LogP contribution is -2.49. The Morgan fingerprint density at radius 3 is 2.20 bits per heavy atom. The first kappa shape index (κ1) is 34.1. The van der Waals surface area contributed by atoms with E-state index in [-0.39, 0.29) is 17.9 Å². The molecule has 4 aromatic rings. The van der Waals surface area contributed by atoms with E-state index in [1.165, 1.54) is 0 Å². The van der Waals surface area contributed by atoms with E-state index in [9.17, 15) is 28.1 Å². The fourth-order valence-electron chi connectivity index (χ4n) is 4.62. The van der Waals surface area contributed by atoms with Crippen LogP contribution in [0, 0.1) is 10.1 Å². The van der Waals surface area contributed by atoms with Gasteiger partial charge >= 0.3 is 0 Å². The summed E-state index contributed by atoms with van der Waals surface area (Å²) in [6.45, 7) is 2.34. The van der Waals surface area contributed by atoms with Crippen molar-refractivity contribution in [2.75, 3.05) is 0 Å². The number of nitro groups is 1. The van der Waals surface area contributed by atoms with Crippen molar-refractivity contribution in [2.24, 2.45) is 0 Å². The van der Waals surface area contributed by atoms with E-state index in [0.29, 0.717) is 24.3 Å². The second-order valence-corrected chi connectivity index (χ2v) is 12.7. The monoisotopic (exact) mass is 663 g/mol. The molecule has 0 bridgehead atoms. The molecule has 10 nitrogen and oxygen atoms in total. The van der Waals surface area contributed by atoms with Gasteiger partial charge in [-0.3, -0.25) is 19.7 Å². The Morgan fingerprint density at radius 1 is 0.891 bits per heavy atom. The van der Waals surface area contributed by atoms with Crippen molar-refractivity contribution >= 4 is 39.1 Å². The van der Waals surface area contributed by atoms with Crippen molar-refractivity contribution < 1.29 is 27.7 Å². The molecule has 2 amide bonds. The summed E-state index contributed by atoms with van der Waals surface area (Å²) in [4.78, 5) is 35.8. The van der Waals surface area contributed by atoms with Crippen LogP contribution in [-0.2, 0) is 32.6 Å². The Morgan fingerprint density at radius 2 is 1.54 bits per heavy atom. The number of hydrogen-bond acceptors (Lipinski definition) is 7. The zero-order chi connectivity index (χ0) is 33.1. The fraction of sp³-hybridized carbons (Fsp3) is 0.235. The molecule has 0 radical (unpaired) electrons. The third-order valence-corrected chi connectivity index (χ3v) is 8.81. The summed E-state index contributed by atoms with van der Waals surface area (Å²) in [5.41, 5.74) is 3.24. The van der Waals surface area contributed by atoms with E-state index in [0.717, 1.165) is 47.7 Å². The molecule has 0 saturated carbocycles. The zero-order valence-corrected chi connectivity index (χ0v) is 26.7. The van der Waals surface area contributed by atoms with Gasteiger partial charge in [0.15, 0.2) is 0 Å². The normalized spacial score (nSPS) is 11.8. The minimum Gasteiger partial charge on any atom is -0.489 e. The molecule has 240 valence electrons. The van der Waals surface area contributed by atoms with E-state index >= 15 is 0 Å². The lowest BCUT2D eigenvalue weighted by Gasteiger charge is -2.19. The van der Waals surface area contributed by atoms with Crippen molar-refractivity contribution in [3.8, 4) is 16.9 Å². The quantitative estimate of drug-likeness (QED) is 0.0827. The van der Waals surface area contributed by atoms with Gasteiger partial charge in [0, 0.05) is 18.9 Å². The number of carbonyl (C=O) groups is 2. The number of ether oxygens (including phenoxy) is 1. The molecule has 1 atom stereocenters. The van der Waals surface area contributed by atoms with Gasteiger partial charge in [0.25, 0.3) is 21.6 Å². The zero-order valence-electron chi connectivity index (χ0n) is 25.1. The molecule has 0 aromatic heterocycles. The Bertz CT molecular complexity index is 1770. The highest BCUT2D eigenvalue weighted by atomic mass is 35.5. The second-order valence-electron chi connectivity index (χ2n) is 10.6. The molecule has 2 N–H and O–H groups in total. The Labute approximate surface area is 273 Å². The van der Waals surface area contributed by atoms with E-state index in [4.69, 9.17) is 16.3 Å². The maximum Gasteiger partial charge on any atom is 0.289 e. The molecule has 0 aliphatic carbocycles. The van der Waals surface area contributed by atoms with Gasteiger partial charge in [-0.25, -0.2) is 13.1 Å². The van der Waals surface area contributed by atoms with Gasteiger partial charge in [0.2, 0.25) is 5.91 Å². The third-order valence-electron chi connectivity index (χ3n) is 7.15. The number of carbonyl (C=O) groups excluding carboxylic acids is 2. The number of rotatable bonds is 15. The third kappa shape index (κ3) is 9.63. The molecule has 1 unspecified atom stereocenters. The van der Waals surface area contributed by atoms with Crippen LogP contribution in [0.4, 0.5) is 5.69 Å². The number of sulfonamides is 1. The van der Waals surface area contributed by atoms with E-state index in [1.807, 2.05) is 66.2 Å². The fourth-order valence-corrected chi connectivity index (χ4v) is 5.85. The molecule has 4 aromatic carbocycles. The number of unbranched alkanes of at least 4 members (excludes halogenated alkanes) is 2. The lowest BCUT2D eigenvalue weighted by molar-refractivity contribution is -0.384. The van der Waals surface area contributed by atoms with E-state index in [1.54, 1.807) is 24.3 Å². The maximum absolute atomic E-state index is 13.2. The van der Waals surface area contributed by atoms with Crippen LogP contribution in [0.1, 0.15) is 43.7 Å². The van der Waals surface area contributed by atoms with Gasteiger partial charge in [0.1, 0.15) is 23.4 Å². The smallest absolute Gasteiger partial charge is 0.289 e. The van der Waals surface area contributed by atoms with Gasteiger partial charge < -0.3 is 10.1 Å². The van der Waals surface area contributed by atoms with Gasteiger partial charge in [0.05, 0.1) is 9.82 Å². The van der Waals surface area contributed by atoms with Gasteiger partial charge in [-0.05, 0) is 52.9 Å². The largest absolute Gasteiger partial charge is 0.489 e. The van der Waals surface area contributed by atoms with Crippen LogP contribution in [0.3, 0.4) is 0 Å². The minimum atomic E-state index is -4.52. The average Bonchev–Trinajstić information content (AvgIpc) is 3.04. The Kier molecular flexibility index (Phi) is 11.9. The SMILES string of the molecule is CCCCCC(=O)NC(Cc1ccc(OCc2ccc(-c3ccccc3)cc2)cc1)C(=O)NS(=O)(=O)c1ccc(Cl)c([N+](=O)[O-])c1. The molecule has 0 fully saturated rings. The van der Waals surface area contributed by atoms with Crippen LogP contribution in [0.2, 0.25) is 5.02 Å². The minimum absolute atomic E-state index is 0.0110. The summed E-state index contributed by atoms with van der Waals surface area (Å²) in [6, 6.07) is 26.7. The standard InChI is InChI=1S/C34H34ClN3O7S/c1-2-3-5-10-33(39)36-31(34(40)37-46(43,44)29-19-20-30(35)32(22-29)38(41)42)21-24-13-17-28(18-14-24)45-23-25-11-15-27(16-12-25)26-8-6-4-7-9-26/h4,6-9,11-20,22,31H,2-3,5,10,21,23H2,1H3,(H,36,39)(H,37,40). The van der Waals surface area contributed by atoms with Crippen LogP contribution in [0.25, 0.3) is 11.1 Å². The molecule has 0 aliphatic rings. The number of halogens is 1. The van der Waals surface area contributed by atoms with Crippen LogP contribution in [0.5, 0.6) is 5.75 Å². The highest BCUT2D eigenvalue weighted by Gasteiger charge is 2.28. The van der Waals surface area contributed by atoms with Crippen LogP contribution < -0.4 is 14.8 Å². The van der Waals surface area contributed by atoms with E-state index < -0.39 is 43.4 Å². The van der Waals surface area contributed by atoms with E-state index in [2.05, 4.69) is 5.32 Å². The van der Waals surface area contributed by atoms with Crippen molar-refractivity contribution in [1.29, 1.82) is 0 Å². The van der Waals surface area contributed by atoms with Gasteiger partial charge in [-0.1, -0.05) is 98.1 Å². The highest BCUT2D eigenvalue weighted by molar-refractivity contribution is 7.90. The molecule has 4 rings (SSSR count). The Balaban J connectivity index is 1.43. The molecule has 0 spiro atoms. The summed E-state index contributed by atoms with van der Waals surface area (Å²) in [7, 11) is -4.52.